The largest absolute Gasteiger partial charge is 0.398 e. The SMILES string of the molecule is Cc1c(N)cccc1N1CCN(c2ccccc2Cl)CC1. The van der Waals surface area contributed by atoms with Crippen LogP contribution in [0.5, 0.6) is 0 Å². The second-order valence-corrected chi connectivity index (χ2v) is 5.82. The van der Waals surface area contributed by atoms with Gasteiger partial charge in [0.05, 0.1) is 10.7 Å². The van der Waals surface area contributed by atoms with Gasteiger partial charge in [0.15, 0.2) is 0 Å². The average molecular weight is 302 g/mol. The van der Waals surface area contributed by atoms with Crippen molar-refractivity contribution in [2.24, 2.45) is 0 Å². The van der Waals surface area contributed by atoms with Gasteiger partial charge in [-0.1, -0.05) is 29.8 Å². The summed E-state index contributed by atoms with van der Waals surface area (Å²) in [6.07, 6.45) is 0. The molecule has 1 aliphatic rings. The van der Waals surface area contributed by atoms with Gasteiger partial charge in [-0.3, -0.25) is 0 Å². The van der Waals surface area contributed by atoms with Crippen LogP contribution in [0.3, 0.4) is 0 Å². The molecule has 1 heterocycles. The molecule has 0 aliphatic carbocycles. The van der Waals surface area contributed by atoms with E-state index in [4.69, 9.17) is 17.3 Å². The predicted octanol–water partition coefficient (Wildman–Crippen LogP) is 3.56. The minimum absolute atomic E-state index is 0.825. The van der Waals surface area contributed by atoms with Crippen molar-refractivity contribution in [3.63, 3.8) is 0 Å². The summed E-state index contributed by atoms with van der Waals surface area (Å²) in [5.41, 5.74) is 10.4. The van der Waals surface area contributed by atoms with Crippen molar-refractivity contribution in [2.45, 2.75) is 6.92 Å². The summed E-state index contributed by atoms with van der Waals surface area (Å²) < 4.78 is 0. The Balaban J connectivity index is 1.74. The first-order chi connectivity index (χ1) is 10.2. The third-order valence-corrected chi connectivity index (χ3v) is 4.48. The Labute approximate surface area is 130 Å². The summed E-state index contributed by atoms with van der Waals surface area (Å²) >= 11 is 6.29. The van der Waals surface area contributed by atoms with Gasteiger partial charge < -0.3 is 15.5 Å². The number of hydrogen-bond acceptors (Lipinski definition) is 3. The highest BCUT2D eigenvalue weighted by atomic mass is 35.5. The van der Waals surface area contributed by atoms with E-state index in [1.54, 1.807) is 0 Å². The second-order valence-electron chi connectivity index (χ2n) is 5.42. The summed E-state index contributed by atoms with van der Waals surface area (Å²) in [6.45, 7) is 5.99. The normalized spacial score (nSPS) is 15.3. The lowest BCUT2D eigenvalue weighted by atomic mass is 10.1. The Bertz CT molecular complexity index is 634. The van der Waals surface area contributed by atoms with Gasteiger partial charge in [-0.2, -0.15) is 0 Å². The van der Waals surface area contributed by atoms with Crippen LogP contribution in [-0.4, -0.2) is 26.2 Å². The monoisotopic (exact) mass is 301 g/mol. The molecule has 0 amide bonds. The van der Waals surface area contributed by atoms with Crippen molar-refractivity contribution in [2.75, 3.05) is 41.7 Å². The zero-order chi connectivity index (χ0) is 14.8. The van der Waals surface area contributed by atoms with Crippen LogP contribution in [0.2, 0.25) is 5.02 Å². The highest BCUT2D eigenvalue weighted by molar-refractivity contribution is 6.33. The molecule has 2 N–H and O–H groups in total. The summed E-state index contributed by atoms with van der Waals surface area (Å²) in [5.74, 6) is 0. The van der Waals surface area contributed by atoms with Crippen molar-refractivity contribution >= 4 is 28.7 Å². The molecular weight excluding hydrogens is 282 g/mol. The molecule has 1 fully saturated rings. The van der Waals surface area contributed by atoms with Crippen LogP contribution >= 0.6 is 11.6 Å². The maximum Gasteiger partial charge on any atom is 0.0639 e. The minimum atomic E-state index is 0.825. The molecule has 21 heavy (non-hydrogen) atoms. The molecule has 1 saturated heterocycles. The maximum atomic E-state index is 6.29. The molecular formula is C17H20ClN3. The van der Waals surface area contributed by atoms with Crippen molar-refractivity contribution in [1.82, 2.24) is 0 Å². The fourth-order valence-electron chi connectivity index (χ4n) is 2.88. The van der Waals surface area contributed by atoms with Gasteiger partial charge in [0.1, 0.15) is 0 Å². The van der Waals surface area contributed by atoms with Crippen molar-refractivity contribution in [1.29, 1.82) is 0 Å². The number of anilines is 3. The molecule has 110 valence electrons. The van der Waals surface area contributed by atoms with Crippen LogP contribution < -0.4 is 15.5 Å². The molecule has 1 aliphatic heterocycles. The average Bonchev–Trinajstić information content (AvgIpc) is 2.51. The molecule has 0 radical (unpaired) electrons. The van der Waals surface area contributed by atoms with E-state index >= 15 is 0 Å². The zero-order valence-electron chi connectivity index (χ0n) is 12.2. The quantitative estimate of drug-likeness (QED) is 0.861. The summed E-state index contributed by atoms with van der Waals surface area (Å²) in [7, 11) is 0. The van der Waals surface area contributed by atoms with E-state index in [0.29, 0.717) is 0 Å². The van der Waals surface area contributed by atoms with E-state index in [-0.39, 0.29) is 0 Å². The number of halogens is 1. The zero-order valence-corrected chi connectivity index (χ0v) is 13.0. The molecule has 0 atom stereocenters. The Morgan fingerprint density at radius 3 is 2.10 bits per heavy atom. The summed E-state index contributed by atoms with van der Waals surface area (Å²) in [4.78, 5) is 4.75. The third kappa shape index (κ3) is 2.79. The summed E-state index contributed by atoms with van der Waals surface area (Å²) in [6, 6.07) is 14.2. The number of benzene rings is 2. The van der Waals surface area contributed by atoms with E-state index in [1.165, 1.54) is 11.3 Å². The first-order valence-electron chi connectivity index (χ1n) is 7.26. The lowest BCUT2D eigenvalue weighted by Crippen LogP contribution is -2.46. The molecule has 2 aromatic carbocycles. The van der Waals surface area contributed by atoms with Crippen LogP contribution in [0, 0.1) is 6.92 Å². The molecule has 0 saturated carbocycles. The predicted molar refractivity (Wildman–Crippen MR) is 91.5 cm³/mol. The number of nitrogens with zero attached hydrogens (tertiary/aromatic N) is 2. The Kier molecular flexibility index (Phi) is 3.93. The molecule has 4 heteroatoms. The highest BCUT2D eigenvalue weighted by Gasteiger charge is 2.20. The second kappa shape index (κ2) is 5.86. The van der Waals surface area contributed by atoms with E-state index in [0.717, 1.165) is 42.6 Å². The minimum Gasteiger partial charge on any atom is -0.398 e. The van der Waals surface area contributed by atoms with Crippen LogP contribution in [0.15, 0.2) is 42.5 Å². The first kappa shape index (κ1) is 14.1. The lowest BCUT2D eigenvalue weighted by Gasteiger charge is -2.38. The number of nitrogens with two attached hydrogens (primary N) is 1. The Morgan fingerprint density at radius 2 is 1.43 bits per heavy atom. The van der Waals surface area contributed by atoms with Crippen molar-refractivity contribution in [3.05, 3.63) is 53.1 Å². The smallest absolute Gasteiger partial charge is 0.0639 e. The molecule has 0 bridgehead atoms. The topological polar surface area (TPSA) is 32.5 Å². The van der Waals surface area contributed by atoms with Gasteiger partial charge in [0, 0.05) is 37.6 Å². The maximum absolute atomic E-state index is 6.29. The number of piperazine rings is 1. The third-order valence-electron chi connectivity index (χ3n) is 4.16. The van der Waals surface area contributed by atoms with Crippen LogP contribution in [0.25, 0.3) is 0 Å². The molecule has 3 rings (SSSR count). The van der Waals surface area contributed by atoms with Gasteiger partial charge in [0.2, 0.25) is 0 Å². The van der Waals surface area contributed by atoms with Gasteiger partial charge in [-0.25, -0.2) is 0 Å². The van der Waals surface area contributed by atoms with E-state index < -0.39 is 0 Å². The van der Waals surface area contributed by atoms with E-state index in [1.807, 2.05) is 30.3 Å². The number of nitrogen functional groups attached to an aromatic ring is 1. The van der Waals surface area contributed by atoms with Gasteiger partial charge >= 0.3 is 0 Å². The van der Waals surface area contributed by atoms with E-state index in [2.05, 4.69) is 28.9 Å². The van der Waals surface area contributed by atoms with Crippen molar-refractivity contribution in [3.8, 4) is 0 Å². The molecule has 0 unspecified atom stereocenters. The number of hydrogen-bond donors (Lipinski definition) is 1. The Morgan fingerprint density at radius 1 is 0.857 bits per heavy atom. The van der Waals surface area contributed by atoms with Gasteiger partial charge in [0.25, 0.3) is 0 Å². The molecule has 2 aromatic rings. The fourth-order valence-corrected chi connectivity index (χ4v) is 3.14. The number of para-hydroxylation sites is 1. The molecule has 3 nitrogen and oxygen atoms in total. The van der Waals surface area contributed by atoms with Gasteiger partial charge in [-0.05, 0) is 36.8 Å². The van der Waals surface area contributed by atoms with Crippen molar-refractivity contribution < 1.29 is 0 Å². The standard InChI is InChI=1S/C17H20ClN3/c1-13-15(19)6-4-8-16(13)20-9-11-21(12-10-20)17-7-3-2-5-14(17)18/h2-8H,9-12,19H2,1H3. The summed E-state index contributed by atoms with van der Waals surface area (Å²) in [5, 5.41) is 0.825. The van der Waals surface area contributed by atoms with E-state index in [9.17, 15) is 0 Å². The van der Waals surface area contributed by atoms with Gasteiger partial charge in [-0.15, -0.1) is 0 Å². The van der Waals surface area contributed by atoms with Crippen LogP contribution in [0.4, 0.5) is 17.1 Å². The fraction of sp³-hybridized carbons (Fsp3) is 0.294. The van der Waals surface area contributed by atoms with Crippen LogP contribution in [-0.2, 0) is 0 Å². The lowest BCUT2D eigenvalue weighted by molar-refractivity contribution is 0.652. The number of rotatable bonds is 2. The Hall–Kier alpha value is -1.87. The van der Waals surface area contributed by atoms with Crippen LogP contribution in [0.1, 0.15) is 5.56 Å². The first-order valence-corrected chi connectivity index (χ1v) is 7.64. The molecule has 0 spiro atoms. The molecule has 0 aromatic heterocycles. The highest BCUT2D eigenvalue weighted by Crippen LogP contribution is 2.29.